The number of carbonyl (C=O) groups is 2. The van der Waals surface area contributed by atoms with Crippen LogP contribution < -0.4 is 4.90 Å². The lowest BCUT2D eigenvalue weighted by molar-refractivity contribution is -0.118. The Morgan fingerprint density at radius 1 is 1.08 bits per heavy atom. The largest absolute Gasteiger partial charge is 0.332 e. The molecule has 0 N–H and O–H groups in total. The van der Waals surface area contributed by atoms with Gasteiger partial charge >= 0.3 is 0 Å². The van der Waals surface area contributed by atoms with E-state index in [1.165, 1.54) is 24.6 Å². The zero-order valence-corrected chi connectivity index (χ0v) is 14.8. The van der Waals surface area contributed by atoms with Gasteiger partial charge in [-0.25, -0.2) is 0 Å². The second kappa shape index (κ2) is 8.53. The van der Waals surface area contributed by atoms with E-state index >= 15 is 0 Å². The van der Waals surface area contributed by atoms with E-state index in [0.717, 1.165) is 37.6 Å². The second-order valence-electron chi connectivity index (χ2n) is 6.28. The monoisotopic (exact) mass is 347 g/mol. The minimum absolute atomic E-state index is 0.102. The predicted octanol–water partition coefficient (Wildman–Crippen LogP) is 2.67. The third-order valence-corrected chi connectivity index (χ3v) is 5.54. The molecule has 0 bridgehead atoms. The van der Waals surface area contributed by atoms with Crippen molar-refractivity contribution in [2.45, 2.75) is 19.3 Å². The van der Waals surface area contributed by atoms with Crippen molar-refractivity contribution < 1.29 is 9.59 Å². The van der Waals surface area contributed by atoms with Crippen molar-refractivity contribution in [3.05, 3.63) is 30.3 Å². The molecule has 0 radical (unpaired) electrons. The lowest BCUT2D eigenvalue weighted by Gasteiger charge is -2.26. The average Bonchev–Trinajstić information content (AvgIpc) is 3.26. The molecule has 0 atom stereocenters. The number of hydrogen-bond donors (Lipinski definition) is 0. The van der Waals surface area contributed by atoms with Crippen LogP contribution in [0.3, 0.4) is 0 Å². The molecule has 2 amide bonds. The SMILES string of the molecule is O=C1SCCN1CCC(=O)N(CCN1CCCC1)c1ccccc1. The summed E-state index contributed by atoms with van der Waals surface area (Å²) >= 11 is 1.34. The Labute approximate surface area is 148 Å². The van der Waals surface area contributed by atoms with E-state index < -0.39 is 0 Å². The molecule has 0 unspecified atom stereocenters. The van der Waals surface area contributed by atoms with Gasteiger partial charge in [-0.2, -0.15) is 0 Å². The molecule has 2 fully saturated rings. The van der Waals surface area contributed by atoms with Crippen molar-refractivity contribution in [1.29, 1.82) is 0 Å². The summed E-state index contributed by atoms with van der Waals surface area (Å²) in [5.41, 5.74) is 0.948. The van der Waals surface area contributed by atoms with E-state index in [9.17, 15) is 9.59 Å². The molecule has 0 spiro atoms. The van der Waals surface area contributed by atoms with E-state index in [1.807, 2.05) is 35.2 Å². The highest BCUT2D eigenvalue weighted by molar-refractivity contribution is 8.13. The highest BCUT2D eigenvalue weighted by Crippen LogP contribution is 2.19. The van der Waals surface area contributed by atoms with Crippen LogP contribution in [0.1, 0.15) is 19.3 Å². The molecule has 3 rings (SSSR count). The van der Waals surface area contributed by atoms with Gasteiger partial charge in [0.15, 0.2) is 0 Å². The van der Waals surface area contributed by atoms with Crippen molar-refractivity contribution in [2.24, 2.45) is 0 Å². The number of nitrogens with zero attached hydrogens (tertiary/aromatic N) is 3. The maximum Gasteiger partial charge on any atom is 0.281 e. The maximum atomic E-state index is 12.8. The molecule has 2 aliphatic rings. The number of amides is 2. The van der Waals surface area contributed by atoms with Crippen molar-refractivity contribution in [1.82, 2.24) is 9.80 Å². The predicted molar refractivity (Wildman–Crippen MR) is 98.5 cm³/mol. The summed E-state index contributed by atoms with van der Waals surface area (Å²) in [6.07, 6.45) is 2.91. The Bertz CT molecular complexity index is 561. The molecule has 0 aromatic heterocycles. The zero-order valence-electron chi connectivity index (χ0n) is 14.0. The number of anilines is 1. The lowest BCUT2D eigenvalue weighted by atomic mass is 10.2. The van der Waals surface area contributed by atoms with Gasteiger partial charge in [-0.15, -0.1) is 0 Å². The molecule has 1 aromatic carbocycles. The molecule has 0 saturated carbocycles. The molecular formula is C18H25N3O2S. The van der Waals surface area contributed by atoms with Gasteiger partial charge in [-0.05, 0) is 38.1 Å². The molecule has 5 nitrogen and oxygen atoms in total. The van der Waals surface area contributed by atoms with Gasteiger partial charge in [0, 0.05) is 44.0 Å². The first-order valence-corrected chi connectivity index (χ1v) is 9.72. The highest BCUT2D eigenvalue weighted by Gasteiger charge is 2.24. The Hall–Kier alpha value is -1.53. The molecule has 130 valence electrons. The van der Waals surface area contributed by atoms with Crippen molar-refractivity contribution in [2.75, 3.05) is 49.9 Å². The van der Waals surface area contributed by atoms with E-state index in [-0.39, 0.29) is 11.1 Å². The fourth-order valence-corrected chi connectivity index (χ4v) is 4.10. The molecule has 1 aromatic rings. The van der Waals surface area contributed by atoms with Gasteiger partial charge in [-0.1, -0.05) is 30.0 Å². The van der Waals surface area contributed by atoms with Crippen LogP contribution in [0.25, 0.3) is 0 Å². The van der Waals surface area contributed by atoms with Gasteiger partial charge in [-0.3, -0.25) is 9.59 Å². The summed E-state index contributed by atoms with van der Waals surface area (Å²) in [7, 11) is 0. The van der Waals surface area contributed by atoms with E-state index in [4.69, 9.17) is 0 Å². The van der Waals surface area contributed by atoms with Crippen LogP contribution in [0.15, 0.2) is 30.3 Å². The molecule has 6 heteroatoms. The molecule has 2 aliphatic heterocycles. The number of benzene rings is 1. The summed E-state index contributed by atoms with van der Waals surface area (Å²) < 4.78 is 0. The van der Waals surface area contributed by atoms with Gasteiger partial charge < -0.3 is 14.7 Å². The molecule has 2 saturated heterocycles. The fourth-order valence-electron chi connectivity index (χ4n) is 3.25. The summed E-state index contributed by atoms with van der Waals surface area (Å²) in [6.45, 7) is 5.19. The smallest absolute Gasteiger partial charge is 0.281 e. The number of para-hydroxylation sites is 1. The number of thioether (sulfide) groups is 1. The molecule has 24 heavy (non-hydrogen) atoms. The lowest BCUT2D eigenvalue weighted by Crippen LogP contribution is -2.39. The summed E-state index contributed by atoms with van der Waals surface area (Å²) in [5, 5.41) is 0.103. The molecular weight excluding hydrogens is 322 g/mol. The van der Waals surface area contributed by atoms with Gasteiger partial charge in [0.1, 0.15) is 0 Å². The minimum Gasteiger partial charge on any atom is -0.332 e. The normalized spacial score (nSPS) is 18.3. The van der Waals surface area contributed by atoms with Crippen molar-refractivity contribution >= 4 is 28.6 Å². The van der Waals surface area contributed by atoms with Crippen LogP contribution in [0.4, 0.5) is 10.5 Å². The van der Waals surface area contributed by atoms with E-state index in [0.29, 0.717) is 19.5 Å². The first kappa shape index (κ1) is 17.3. The topological polar surface area (TPSA) is 43.9 Å². The average molecular weight is 347 g/mol. The van der Waals surface area contributed by atoms with Crippen molar-refractivity contribution in [3.8, 4) is 0 Å². The molecule has 0 aliphatic carbocycles. The van der Waals surface area contributed by atoms with E-state index in [2.05, 4.69) is 4.90 Å². The van der Waals surface area contributed by atoms with E-state index in [1.54, 1.807) is 4.90 Å². The zero-order chi connectivity index (χ0) is 16.8. The van der Waals surface area contributed by atoms with Gasteiger partial charge in [0.05, 0.1) is 0 Å². The summed E-state index contributed by atoms with van der Waals surface area (Å²) in [6, 6.07) is 9.86. The van der Waals surface area contributed by atoms with Crippen LogP contribution in [0.5, 0.6) is 0 Å². The standard InChI is InChI=1S/C18H25N3O2S/c22-17(8-11-20-14-15-24-18(20)23)21(16-6-2-1-3-7-16)13-12-19-9-4-5-10-19/h1-3,6-7H,4-5,8-15H2. The van der Waals surface area contributed by atoms with Gasteiger partial charge in [0.25, 0.3) is 5.24 Å². The second-order valence-corrected chi connectivity index (χ2v) is 7.33. The molecule has 2 heterocycles. The fraction of sp³-hybridized carbons (Fsp3) is 0.556. The first-order valence-electron chi connectivity index (χ1n) is 8.73. The summed E-state index contributed by atoms with van der Waals surface area (Å²) in [4.78, 5) is 30.5. The number of likely N-dealkylation sites (tertiary alicyclic amines) is 1. The van der Waals surface area contributed by atoms with Crippen LogP contribution in [-0.4, -0.2) is 66.0 Å². The summed E-state index contributed by atoms with van der Waals surface area (Å²) in [5.74, 6) is 0.940. The quantitative estimate of drug-likeness (QED) is 0.761. The third kappa shape index (κ3) is 4.51. The third-order valence-electron chi connectivity index (χ3n) is 4.65. The first-order chi connectivity index (χ1) is 11.7. The van der Waals surface area contributed by atoms with Crippen LogP contribution in [-0.2, 0) is 4.79 Å². The maximum absolute atomic E-state index is 12.8. The Balaban J connectivity index is 1.59. The van der Waals surface area contributed by atoms with Crippen molar-refractivity contribution in [3.63, 3.8) is 0 Å². The van der Waals surface area contributed by atoms with Crippen LogP contribution in [0, 0.1) is 0 Å². The van der Waals surface area contributed by atoms with Crippen LogP contribution in [0.2, 0.25) is 0 Å². The highest BCUT2D eigenvalue weighted by atomic mass is 32.2. The Morgan fingerprint density at radius 3 is 2.50 bits per heavy atom. The number of hydrogen-bond acceptors (Lipinski definition) is 4. The van der Waals surface area contributed by atoms with Crippen LogP contribution >= 0.6 is 11.8 Å². The minimum atomic E-state index is 0.102. The number of carbonyl (C=O) groups excluding carboxylic acids is 2. The number of rotatable bonds is 7. The Kier molecular flexibility index (Phi) is 6.15. The Morgan fingerprint density at radius 2 is 1.83 bits per heavy atom. The van der Waals surface area contributed by atoms with Gasteiger partial charge in [0.2, 0.25) is 5.91 Å².